The molecule has 9 heavy (non-hydrogen) atoms. The minimum Gasteiger partial charge on any atom is -0.167 e. The van der Waals surface area contributed by atoms with Crippen molar-refractivity contribution in [2.24, 2.45) is 0 Å². The molecule has 0 aromatic carbocycles. The molecule has 4 heteroatoms. The highest BCUT2D eigenvalue weighted by molar-refractivity contribution is 4.77. The van der Waals surface area contributed by atoms with Crippen molar-refractivity contribution in [3.05, 3.63) is 24.8 Å². The maximum absolute atomic E-state index is 10.3. The lowest BCUT2D eigenvalue weighted by Crippen LogP contribution is -1.56. The molecule has 0 aromatic heterocycles. The van der Waals surface area contributed by atoms with Crippen LogP contribution in [0.3, 0.4) is 0 Å². The van der Waals surface area contributed by atoms with Gasteiger partial charge in [0, 0.05) is 0 Å². The van der Waals surface area contributed by atoms with Gasteiger partial charge in [0.1, 0.15) is 0 Å². The quantitative estimate of drug-likeness (QED) is 0.360. The van der Waals surface area contributed by atoms with Crippen LogP contribution < -0.4 is 0 Å². The standard InChI is InChI=1S/C3H6.C2F4/c1-3-2;3-1(4)2(5)6/h3H,1H2,2H3;. The number of rotatable bonds is 0. The van der Waals surface area contributed by atoms with E-state index in [0.29, 0.717) is 0 Å². The number of allylic oxidation sites excluding steroid dienone is 1. The number of halogens is 4. The Morgan fingerprint density at radius 3 is 1.22 bits per heavy atom. The minimum atomic E-state index is -2.91. The molecule has 0 aliphatic heterocycles. The average Bonchev–Trinajstić information content (AvgIpc) is 1.68. The van der Waals surface area contributed by atoms with Gasteiger partial charge in [0.05, 0.1) is 0 Å². The molecule has 0 fully saturated rings. The molecule has 0 aliphatic rings. The summed E-state index contributed by atoms with van der Waals surface area (Å²) in [5, 5.41) is 0. The van der Waals surface area contributed by atoms with Gasteiger partial charge in [-0.15, -0.1) is 6.58 Å². The zero-order chi connectivity index (χ0) is 7.86. The minimum absolute atomic E-state index is 1.75. The van der Waals surface area contributed by atoms with E-state index in [0.717, 1.165) is 0 Å². The molecular formula is C5H6F4. The smallest absolute Gasteiger partial charge is 0.167 e. The van der Waals surface area contributed by atoms with Gasteiger partial charge in [0.15, 0.2) is 0 Å². The molecule has 0 atom stereocenters. The van der Waals surface area contributed by atoms with Gasteiger partial charge >= 0.3 is 12.2 Å². The van der Waals surface area contributed by atoms with Gasteiger partial charge in [-0.05, 0) is 6.92 Å². The van der Waals surface area contributed by atoms with Crippen LogP contribution in [0.15, 0.2) is 24.8 Å². The third-order valence-electron chi connectivity index (χ3n) is 0.143. The topological polar surface area (TPSA) is 0 Å². The maximum Gasteiger partial charge on any atom is 0.334 e. The van der Waals surface area contributed by atoms with Gasteiger partial charge in [-0.25, -0.2) is 0 Å². The highest BCUT2D eigenvalue weighted by atomic mass is 19.3. The van der Waals surface area contributed by atoms with E-state index in [1.54, 1.807) is 6.08 Å². The van der Waals surface area contributed by atoms with Crippen LogP contribution in [-0.4, -0.2) is 0 Å². The molecule has 0 N–H and O–H groups in total. The van der Waals surface area contributed by atoms with Crippen LogP contribution in [0.4, 0.5) is 17.6 Å². The fraction of sp³-hybridized carbons (Fsp3) is 0.200. The summed E-state index contributed by atoms with van der Waals surface area (Å²) in [6.45, 7) is 5.25. The number of hydrogen-bond acceptors (Lipinski definition) is 0. The molecular weight excluding hydrogens is 136 g/mol. The summed E-state index contributed by atoms with van der Waals surface area (Å²) in [5.74, 6) is 0. The van der Waals surface area contributed by atoms with Crippen molar-refractivity contribution in [2.75, 3.05) is 0 Å². The molecule has 0 rings (SSSR count). The largest absolute Gasteiger partial charge is 0.334 e. The average molecular weight is 142 g/mol. The maximum atomic E-state index is 10.3. The molecule has 0 spiro atoms. The van der Waals surface area contributed by atoms with Crippen molar-refractivity contribution >= 4 is 0 Å². The van der Waals surface area contributed by atoms with Crippen molar-refractivity contribution in [3.8, 4) is 0 Å². The first-order valence-corrected chi connectivity index (χ1v) is 1.99. The Morgan fingerprint density at radius 1 is 1.11 bits per heavy atom. The number of hydrogen-bond donors (Lipinski definition) is 0. The molecule has 0 bridgehead atoms. The van der Waals surface area contributed by atoms with Gasteiger partial charge in [-0.3, -0.25) is 0 Å². The Bertz CT molecular complexity index is 87.5. The fourth-order valence-corrected chi connectivity index (χ4v) is 0. The highest BCUT2D eigenvalue weighted by Gasteiger charge is 1.98. The normalized spacial score (nSPS) is 6.78. The lowest BCUT2D eigenvalue weighted by atomic mass is 10.8. The Hall–Kier alpha value is -0.800. The molecule has 0 amide bonds. The lowest BCUT2D eigenvalue weighted by Gasteiger charge is -1.69. The second-order valence-corrected chi connectivity index (χ2v) is 0.929. The van der Waals surface area contributed by atoms with Gasteiger partial charge in [0.2, 0.25) is 0 Å². The SMILES string of the molecule is C=CC.FC(F)=C(F)F. The van der Waals surface area contributed by atoms with E-state index in [1.807, 2.05) is 6.92 Å². The molecule has 0 aromatic rings. The summed E-state index contributed by atoms with van der Waals surface area (Å²) in [6, 6.07) is 0. The van der Waals surface area contributed by atoms with Crippen molar-refractivity contribution in [3.63, 3.8) is 0 Å². The summed E-state index contributed by atoms with van der Waals surface area (Å²) in [6.07, 6.45) is -4.06. The monoisotopic (exact) mass is 142 g/mol. The second-order valence-electron chi connectivity index (χ2n) is 0.929. The summed E-state index contributed by atoms with van der Waals surface area (Å²) < 4.78 is 41.1. The van der Waals surface area contributed by atoms with E-state index in [4.69, 9.17) is 0 Å². The zero-order valence-corrected chi connectivity index (χ0v) is 4.80. The van der Waals surface area contributed by atoms with Gasteiger partial charge < -0.3 is 0 Å². The second kappa shape index (κ2) is 7.20. The van der Waals surface area contributed by atoms with Crippen LogP contribution in [0.2, 0.25) is 0 Å². The molecule has 0 saturated carbocycles. The van der Waals surface area contributed by atoms with Crippen molar-refractivity contribution in [2.45, 2.75) is 6.92 Å². The van der Waals surface area contributed by atoms with Crippen LogP contribution >= 0.6 is 0 Å². The van der Waals surface area contributed by atoms with Crippen LogP contribution in [0, 0.1) is 0 Å². The Kier molecular flexibility index (Phi) is 8.85. The molecule has 0 saturated heterocycles. The van der Waals surface area contributed by atoms with Crippen molar-refractivity contribution in [1.29, 1.82) is 0 Å². The molecule has 0 heterocycles. The van der Waals surface area contributed by atoms with E-state index < -0.39 is 12.2 Å². The van der Waals surface area contributed by atoms with Gasteiger partial charge in [0.25, 0.3) is 0 Å². The Labute approximate surface area is 50.5 Å². The van der Waals surface area contributed by atoms with E-state index in [9.17, 15) is 17.6 Å². The first-order chi connectivity index (χ1) is 4.06. The molecule has 0 aliphatic carbocycles. The zero-order valence-electron chi connectivity index (χ0n) is 4.80. The predicted octanol–water partition coefficient (Wildman–Crippen LogP) is 3.18. The molecule has 54 valence electrons. The highest BCUT2D eigenvalue weighted by Crippen LogP contribution is 2.08. The first-order valence-electron chi connectivity index (χ1n) is 1.99. The molecule has 0 nitrogen and oxygen atoms in total. The predicted molar refractivity (Wildman–Crippen MR) is 27.3 cm³/mol. The summed E-state index contributed by atoms with van der Waals surface area (Å²) in [4.78, 5) is 0. The summed E-state index contributed by atoms with van der Waals surface area (Å²) in [5.41, 5.74) is 0. The third kappa shape index (κ3) is 19.0. The van der Waals surface area contributed by atoms with Crippen LogP contribution in [0.5, 0.6) is 0 Å². The van der Waals surface area contributed by atoms with Crippen LogP contribution in [0.25, 0.3) is 0 Å². The van der Waals surface area contributed by atoms with Gasteiger partial charge in [-0.1, -0.05) is 6.08 Å². The van der Waals surface area contributed by atoms with Crippen LogP contribution in [-0.2, 0) is 0 Å². The van der Waals surface area contributed by atoms with Gasteiger partial charge in [-0.2, -0.15) is 17.6 Å². The summed E-state index contributed by atoms with van der Waals surface area (Å²) >= 11 is 0. The van der Waals surface area contributed by atoms with E-state index in [-0.39, 0.29) is 0 Å². The van der Waals surface area contributed by atoms with E-state index in [1.165, 1.54) is 0 Å². The van der Waals surface area contributed by atoms with E-state index in [2.05, 4.69) is 6.58 Å². The van der Waals surface area contributed by atoms with Crippen molar-refractivity contribution in [1.82, 2.24) is 0 Å². The first kappa shape index (κ1) is 11.1. The summed E-state index contributed by atoms with van der Waals surface area (Å²) in [7, 11) is 0. The van der Waals surface area contributed by atoms with Crippen molar-refractivity contribution < 1.29 is 17.6 Å². The van der Waals surface area contributed by atoms with Crippen LogP contribution in [0.1, 0.15) is 6.92 Å². The Balaban J connectivity index is 0. The lowest BCUT2D eigenvalue weighted by molar-refractivity contribution is 0.308. The van der Waals surface area contributed by atoms with E-state index >= 15 is 0 Å². The Morgan fingerprint density at radius 2 is 1.22 bits per heavy atom. The third-order valence-corrected chi connectivity index (χ3v) is 0.143. The fourth-order valence-electron chi connectivity index (χ4n) is 0. The molecule has 0 unspecified atom stereocenters. The molecule has 0 radical (unpaired) electrons.